The molecule has 0 radical (unpaired) electrons. The van der Waals surface area contributed by atoms with Crippen molar-refractivity contribution in [2.24, 2.45) is 28.1 Å². The third kappa shape index (κ3) is 54.0. The fourth-order valence-electron chi connectivity index (χ4n) is 13.3. The molecule has 0 nitrogen and oxygen atoms in total. The van der Waals surface area contributed by atoms with Crippen LogP contribution in [0, 0.1) is 167 Å². The molecule has 0 atom stereocenters. The SMILES string of the molecule is Cc1ccc(C(C)(C)C)cc1.Cc1ccc(C(C)(C)C)cc1C.Cc1ccc(C(C)C)cc1.Cc1ccc(C(C)C)cc1C.Cc1ccc(C)c(C)c1.Cc1ccc(C)cc1.Cc1ccc(CC(C)(C)C(F)(F)F)cc1.Cc1ccc(CC(C)(C)C)cc1.Cc1ccc(CC(C)(C)C)cc1C.Cc1ccc(CC(C)C)cc1.Cc1ccc(CC(C)C)cc1C.Cc1ccccc1C. The van der Waals surface area contributed by atoms with E-state index in [4.69, 9.17) is 0 Å². The van der Waals surface area contributed by atoms with Gasteiger partial charge in [0, 0.05) is 0 Å². The number of benzene rings is 12. The Balaban J connectivity index is 0.000000722. The maximum atomic E-state index is 12.6. The summed E-state index contributed by atoms with van der Waals surface area (Å²) in [5.41, 5.74) is 39.0. The first-order valence-corrected chi connectivity index (χ1v) is 48.6. The first-order chi connectivity index (χ1) is 60.9. The second kappa shape index (κ2) is 58.6. The minimum absolute atomic E-state index is 0.0246. The maximum absolute atomic E-state index is 12.6. The van der Waals surface area contributed by atoms with E-state index in [2.05, 4.69) is 507 Å². The van der Waals surface area contributed by atoms with Crippen LogP contribution >= 0.6 is 0 Å². The summed E-state index contributed by atoms with van der Waals surface area (Å²) in [5.74, 6) is 2.82. The summed E-state index contributed by atoms with van der Waals surface area (Å²) in [4.78, 5) is 0. The third-order valence-electron chi connectivity index (χ3n) is 23.2. The van der Waals surface area contributed by atoms with Crippen LogP contribution in [0.25, 0.3) is 0 Å². The summed E-state index contributed by atoms with van der Waals surface area (Å²) in [6.07, 6.45) is 0.581. The van der Waals surface area contributed by atoms with Crippen molar-refractivity contribution in [2.45, 2.75) is 352 Å². The number of hydrogen-bond donors (Lipinski definition) is 0. The molecule has 0 aliphatic rings. The largest absolute Gasteiger partial charge is 0.394 e. The molecule has 0 bridgehead atoms. The normalized spacial score (nSPS) is 11.0. The van der Waals surface area contributed by atoms with Crippen LogP contribution in [0.2, 0.25) is 0 Å². The van der Waals surface area contributed by atoms with Gasteiger partial charge in [0.1, 0.15) is 0 Å². The molecule has 0 heterocycles. The van der Waals surface area contributed by atoms with Crippen LogP contribution in [0.3, 0.4) is 0 Å². The first kappa shape index (κ1) is 120. The summed E-state index contributed by atoms with van der Waals surface area (Å²) in [6, 6.07) is 92.5. The van der Waals surface area contributed by atoms with E-state index >= 15 is 0 Å². The Bertz CT molecular complexity index is 5120. The molecule has 0 saturated carbocycles. The summed E-state index contributed by atoms with van der Waals surface area (Å²) in [7, 11) is 0. The molecule has 0 aliphatic heterocycles. The molecule has 0 spiro atoms. The number of alkyl halides is 3. The van der Waals surface area contributed by atoms with Crippen LogP contribution in [0.1, 0.15) is 325 Å². The zero-order valence-corrected chi connectivity index (χ0v) is 91.3. The monoisotopic (exact) mass is 1790 g/mol. The van der Waals surface area contributed by atoms with E-state index in [1.807, 2.05) is 19.1 Å². The molecule has 12 aromatic carbocycles. The number of aryl methyl sites for hydroxylation is 20. The van der Waals surface area contributed by atoms with Crippen LogP contribution in [0.15, 0.2) is 261 Å². The average molecular weight is 1790 g/mol. The van der Waals surface area contributed by atoms with Crippen LogP contribution in [-0.4, -0.2) is 6.18 Å². The molecule has 720 valence electrons. The van der Waals surface area contributed by atoms with E-state index in [0.29, 0.717) is 22.7 Å². The van der Waals surface area contributed by atoms with E-state index in [9.17, 15) is 13.2 Å². The van der Waals surface area contributed by atoms with E-state index in [1.165, 1.54) is 177 Å². The van der Waals surface area contributed by atoms with Gasteiger partial charge in [-0.25, -0.2) is 0 Å². The Hall–Kier alpha value is -9.57. The highest BCUT2D eigenvalue weighted by Crippen LogP contribution is 2.40. The highest BCUT2D eigenvalue weighted by Gasteiger charge is 2.47. The molecule has 132 heavy (non-hydrogen) atoms. The molecule has 0 aliphatic carbocycles. The van der Waals surface area contributed by atoms with E-state index in [-0.39, 0.29) is 17.3 Å². The summed E-state index contributed by atoms with van der Waals surface area (Å²) >= 11 is 0. The lowest BCUT2D eigenvalue weighted by Gasteiger charge is -2.27. The van der Waals surface area contributed by atoms with E-state index < -0.39 is 11.6 Å². The second-order valence-electron chi connectivity index (χ2n) is 44.1. The topological polar surface area (TPSA) is 0 Å². The lowest BCUT2D eigenvalue weighted by Crippen LogP contribution is -2.34. The molecular formula is C129H183F3. The summed E-state index contributed by atoms with van der Waals surface area (Å²) in [6.45, 7) is 90.0. The Kier molecular flexibility index (Phi) is 53.4. The van der Waals surface area contributed by atoms with Gasteiger partial charge in [-0.1, -0.05) is 458 Å². The van der Waals surface area contributed by atoms with Gasteiger partial charge in [0.15, 0.2) is 0 Å². The standard InChI is InChI=1S/C13H20.C12H15F3.3C12H18.3C11H16.C10H14.C9H12.2C8H10/c1-10-6-7-12(8-11(10)2)9-13(3,4)5;1-9-4-6-10(7-5-9)8-11(2,3)12(13,14)15;1-9-6-7-11(8-10(9)2)12(3,4)5;1-10-5-7-11(8-6-10)9-12(2,3)4;1-9(2)7-12-6-5-10(3)11(4)8-12;1-9-5-7-10(8-6-9)11(2,3)4;1-8(2)11-6-5-9(3)10(4)7-11;1-9(2)8-11-6-4-10(3)5-7-11;1-8(2)10-6-4-9(3)5-7-10;1-7-4-5-8(2)9(3)6-7;1-7-3-5-8(2)6-4-7;1-7-5-3-4-6-8(7)2/h6-8H,9H2,1-5H3;4-7H,8H2,1-3H3;6-8H,1-5H3;5-8H,9H2,1-4H3;5-6,8-9H,7H2,1-4H3;2*5-8H,1-4H3;4-7,9H,8H2,1-3H3;4-8H,1-3H3;4-6H,1-3H3;2*3-6H,1-2H3. The third-order valence-corrected chi connectivity index (χ3v) is 23.2. The number of rotatable bonds is 10. The van der Waals surface area contributed by atoms with Gasteiger partial charge in [0.25, 0.3) is 0 Å². The smallest absolute Gasteiger partial charge is 0.171 e. The summed E-state index contributed by atoms with van der Waals surface area (Å²) < 4.78 is 37.8. The van der Waals surface area contributed by atoms with Crippen LogP contribution in [0.5, 0.6) is 0 Å². The lowest BCUT2D eigenvalue weighted by atomic mass is 9.85. The molecule has 0 fully saturated rings. The van der Waals surface area contributed by atoms with Crippen molar-refractivity contribution < 1.29 is 13.2 Å². The van der Waals surface area contributed by atoms with E-state index in [1.54, 1.807) is 12.1 Å². The van der Waals surface area contributed by atoms with Gasteiger partial charge < -0.3 is 0 Å². The zero-order chi connectivity index (χ0) is 101. The van der Waals surface area contributed by atoms with Gasteiger partial charge in [-0.15, -0.1) is 0 Å². The average Bonchev–Trinajstić information content (AvgIpc) is 0.827. The first-order valence-electron chi connectivity index (χ1n) is 48.6. The van der Waals surface area contributed by atoms with Crippen molar-refractivity contribution in [1.29, 1.82) is 0 Å². The fraction of sp³-hybridized carbons (Fsp3) is 0.442. The Morgan fingerprint density at radius 1 is 0.205 bits per heavy atom. The van der Waals surface area contributed by atoms with Gasteiger partial charge >= 0.3 is 6.18 Å². The minimum Gasteiger partial charge on any atom is -0.171 e. The van der Waals surface area contributed by atoms with Crippen molar-refractivity contribution in [3.8, 4) is 0 Å². The van der Waals surface area contributed by atoms with Crippen LogP contribution in [-0.2, 0) is 42.9 Å². The molecular weight excluding hydrogens is 1610 g/mol. The van der Waals surface area contributed by atoms with Gasteiger partial charge in [-0.2, -0.15) is 13.2 Å². The molecule has 0 unspecified atom stereocenters. The quantitative estimate of drug-likeness (QED) is 0.128. The van der Waals surface area contributed by atoms with Gasteiger partial charge in [-0.05, 0) is 333 Å². The predicted octanol–water partition coefficient (Wildman–Crippen LogP) is 39.0. The molecule has 0 amide bonds. The predicted molar refractivity (Wildman–Crippen MR) is 585 cm³/mol. The van der Waals surface area contributed by atoms with Crippen molar-refractivity contribution in [1.82, 2.24) is 0 Å². The molecule has 0 aromatic heterocycles. The molecule has 12 rings (SSSR count). The van der Waals surface area contributed by atoms with Crippen LogP contribution < -0.4 is 0 Å². The Labute approximate surface area is 809 Å². The lowest BCUT2D eigenvalue weighted by molar-refractivity contribution is -0.211. The van der Waals surface area contributed by atoms with Gasteiger partial charge in [0.05, 0.1) is 5.41 Å². The van der Waals surface area contributed by atoms with Crippen molar-refractivity contribution in [3.05, 3.63) is 422 Å². The minimum atomic E-state index is -4.15. The molecule has 0 N–H and O–H groups in total. The van der Waals surface area contributed by atoms with Gasteiger partial charge in [-0.3, -0.25) is 0 Å². The van der Waals surface area contributed by atoms with Crippen molar-refractivity contribution in [3.63, 3.8) is 0 Å². The summed E-state index contributed by atoms with van der Waals surface area (Å²) in [5, 5.41) is 0. The van der Waals surface area contributed by atoms with Gasteiger partial charge in [0.2, 0.25) is 0 Å². The highest BCUT2D eigenvalue weighted by molar-refractivity contribution is 5.37. The molecule has 0 saturated heterocycles. The maximum Gasteiger partial charge on any atom is 0.394 e. The van der Waals surface area contributed by atoms with E-state index in [0.717, 1.165) is 35.8 Å². The highest BCUT2D eigenvalue weighted by atomic mass is 19.4. The fourth-order valence-corrected chi connectivity index (χ4v) is 13.3. The zero-order valence-electron chi connectivity index (χ0n) is 91.3. The van der Waals surface area contributed by atoms with Crippen molar-refractivity contribution >= 4 is 0 Å². The molecule has 12 aromatic rings. The Morgan fingerprint density at radius 2 is 0.447 bits per heavy atom. The molecule has 3 heteroatoms. The van der Waals surface area contributed by atoms with Crippen LogP contribution in [0.4, 0.5) is 13.2 Å². The number of hydrogen-bond acceptors (Lipinski definition) is 0. The van der Waals surface area contributed by atoms with Crippen molar-refractivity contribution in [2.75, 3.05) is 0 Å². The second-order valence-corrected chi connectivity index (χ2v) is 44.1. The Morgan fingerprint density at radius 3 is 0.758 bits per heavy atom. The number of halogens is 3.